The van der Waals surface area contributed by atoms with E-state index in [2.05, 4.69) is 15.0 Å². The first-order valence-electron chi connectivity index (χ1n) is 6.42. The predicted octanol–water partition coefficient (Wildman–Crippen LogP) is 1.24. The Morgan fingerprint density at radius 3 is 2.33 bits per heavy atom. The van der Waals surface area contributed by atoms with Crippen LogP contribution in [0, 0.1) is 11.6 Å². The third kappa shape index (κ3) is 3.05. The van der Waals surface area contributed by atoms with Gasteiger partial charge < -0.3 is 15.4 Å². The SMILES string of the molecule is Nc1nc(-c2cc(F)cc(F)c2)nc(N2CCOCC2)n1. The Bertz CT molecular complexity index is 641. The zero-order valence-electron chi connectivity index (χ0n) is 11.1. The Hall–Kier alpha value is -2.35. The highest BCUT2D eigenvalue weighted by Crippen LogP contribution is 2.21. The third-order valence-electron chi connectivity index (χ3n) is 3.06. The normalized spacial score (nSPS) is 15.2. The fourth-order valence-electron chi connectivity index (χ4n) is 2.10. The minimum absolute atomic E-state index is 0.00570. The first-order chi connectivity index (χ1) is 10.1. The maximum absolute atomic E-state index is 13.3. The molecular formula is C13H13F2N5O. The van der Waals surface area contributed by atoms with Gasteiger partial charge in [-0.15, -0.1) is 0 Å². The molecule has 2 heterocycles. The molecule has 0 radical (unpaired) electrons. The molecule has 21 heavy (non-hydrogen) atoms. The summed E-state index contributed by atoms with van der Waals surface area (Å²) < 4.78 is 31.9. The molecular weight excluding hydrogens is 280 g/mol. The van der Waals surface area contributed by atoms with E-state index in [0.29, 0.717) is 32.3 Å². The Morgan fingerprint density at radius 1 is 1.00 bits per heavy atom. The topological polar surface area (TPSA) is 77.2 Å². The fraction of sp³-hybridized carbons (Fsp3) is 0.308. The molecule has 1 saturated heterocycles. The van der Waals surface area contributed by atoms with E-state index in [-0.39, 0.29) is 17.3 Å². The smallest absolute Gasteiger partial charge is 0.230 e. The number of nitrogens with zero attached hydrogens (tertiary/aromatic N) is 4. The maximum Gasteiger partial charge on any atom is 0.230 e. The number of hydrogen-bond donors (Lipinski definition) is 1. The largest absolute Gasteiger partial charge is 0.378 e. The van der Waals surface area contributed by atoms with Crippen LogP contribution < -0.4 is 10.6 Å². The average Bonchev–Trinajstić information content (AvgIpc) is 2.46. The van der Waals surface area contributed by atoms with Crippen molar-refractivity contribution >= 4 is 11.9 Å². The number of rotatable bonds is 2. The van der Waals surface area contributed by atoms with Crippen LogP contribution in [0.1, 0.15) is 0 Å². The molecule has 0 spiro atoms. The summed E-state index contributed by atoms with van der Waals surface area (Å²) in [5.74, 6) is -0.868. The lowest BCUT2D eigenvalue weighted by Crippen LogP contribution is -2.37. The van der Waals surface area contributed by atoms with Crippen molar-refractivity contribution in [3.8, 4) is 11.4 Å². The van der Waals surface area contributed by atoms with Gasteiger partial charge in [-0.25, -0.2) is 8.78 Å². The maximum atomic E-state index is 13.3. The average molecular weight is 293 g/mol. The second-order valence-corrected chi connectivity index (χ2v) is 4.57. The van der Waals surface area contributed by atoms with Gasteiger partial charge in [-0.3, -0.25) is 0 Å². The van der Waals surface area contributed by atoms with Crippen molar-refractivity contribution in [3.05, 3.63) is 29.8 Å². The highest BCUT2D eigenvalue weighted by molar-refractivity contribution is 5.58. The number of benzene rings is 1. The number of ether oxygens (including phenoxy) is 1. The van der Waals surface area contributed by atoms with Gasteiger partial charge in [0.2, 0.25) is 11.9 Å². The summed E-state index contributed by atoms with van der Waals surface area (Å²) in [6, 6.07) is 3.10. The van der Waals surface area contributed by atoms with Gasteiger partial charge in [0.25, 0.3) is 0 Å². The van der Waals surface area contributed by atoms with E-state index in [1.165, 1.54) is 0 Å². The van der Waals surface area contributed by atoms with E-state index in [1.54, 1.807) is 0 Å². The lowest BCUT2D eigenvalue weighted by atomic mass is 10.2. The molecule has 0 saturated carbocycles. The lowest BCUT2D eigenvalue weighted by Gasteiger charge is -2.26. The Kier molecular flexibility index (Phi) is 3.61. The minimum Gasteiger partial charge on any atom is -0.378 e. The van der Waals surface area contributed by atoms with Crippen LogP contribution in [0.5, 0.6) is 0 Å². The summed E-state index contributed by atoms with van der Waals surface area (Å²) in [5.41, 5.74) is 5.89. The molecule has 2 N–H and O–H groups in total. The predicted molar refractivity (Wildman–Crippen MR) is 72.6 cm³/mol. The van der Waals surface area contributed by atoms with Crippen LogP contribution in [0.3, 0.4) is 0 Å². The zero-order valence-corrected chi connectivity index (χ0v) is 11.1. The second-order valence-electron chi connectivity index (χ2n) is 4.57. The Labute approximate surface area is 119 Å². The standard InChI is InChI=1S/C13H13F2N5O/c14-9-5-8(6-10(15)7-9)11-17-12(16)19-13(18-11)20-1-3-21-4-2-20/h5-7H,1-4H2,(H2,16,17,18,19). The van der Waals surface area contributed by atoms with E-state index in [4.69, 9.17) is 10.5 Å². The summed E-state index contributed by atoms with van der Waals surface area (Å²) in [6.07, 6.45) is 0. The van der Waals surface area contributed by atoms with Crippen LogP contribution in [0.4, 0.5) is 20.7 Å². The molecule has 0 atom stereocenters. The summed E-state index contributed by atoms with van der Waals surface area (Å²) in [4.78, 5) is 14.1. The zero-order chi connectivity index (χ0) is 14.8. The van der Waals surface area contributed by atoms with Gasteiger partial charge in [0.05, 0.1) is 13.2 Å². The molecule has 0 aliphatic carbocycles. The Balaban J connectivity index is 2.00. The van der Waals surface area contributed by atoms with E-state index in [1.807, 2.05) is 4.90 Å². The van der Waals surface area contributed by atoms with Crippen LogP contribution in [0.15, 0.2) is 18.2 Å². The molecule has 2 aromatic rings. The van der Waals surface area contributed by atoms with Crippen molar-refractivity contribution in [2.45, 2.75) is 0 Å². The van der Waals surface area contributed by atoms with Gasteiger partial charge in [0.15, 0.2) is 5.82 Å². The quantitative estimate of drug-likeness (QED) is 0.897. The van der Waals surface area contributed by atoms with Crippen molar-refractivity contribution in [2.24, 2.45) is 0 Å². The number of aromatic nitrogens is 3. The number of morpholine rings is 1. The first-order valence-corrected chi connectivity index (χ1v) is 6.42. The van der Waals surface area contributed by atoms with E-state index >= 15 is 0 Å². The minimum atomic E-state index is -0.697. The molecule has 1 aromatic carbocycles. The first kappa shape index (κ1) is 13.6. The summed E-state index contributed by atoms with van der Waals surface area (Å²) >= 11 is 0. The molecule has 0 bridgehead atoms. The van der Waals surface area contributed by atoms with Crippen molar-refractivity contribution < 1.29 is 13.5 Å². The molecule has 6 nitrogen and oxygen atoms in total. The number of nitrogen functional groups attached to an aromatic ring is 1. The van der Waals surface area contributed by atoms with Gasteiger partial charge >= 0.3 is 0 Å². The molecule has 1 aromatic heterocycles. The molecule has 1 fully saturated rings. The number of anilines is 2. The highest BCUT2D eigenvalue weighted by atomic mass is 19.1. The molecule has 0 amide bonds. The van der Waals surface area contributed by atoms with Crippen LogP contribution in [0.2, 0.25) is 0 Å². The summed E-state index contributed by atoms with van der Waals surface area (Å²) in [7, 11) is 0. The molecule has 0 unspecified atom stereocenters. The van der Waals surface area contributed by atoms with Crippen LogP contribution in [0.25, 0.3) is 11.4 Å². The van der Waals surface area contributed by atoms with Gasteiger partial charge in [-0.2, -0.15) is 15.0 Å². The van der Waals surface area contributed by atoms with Crippen LogP contribution >= 0.6 is 0 Å². The lowest BCUT2D eigenvalue weighted by molar-refractivity contribution is 0.122. The number of hydrogen-bond acceptors (Lipinski definition) is 6. The number of halogens is 2. The summed E-state index contributed by atoms with van der Waals surface area (Å²) in [5, 5.41) is 0. The monoisotopic (exact) mass is 293 g/mol. The van der Waals surface area contributed by atoms with E-state index < -0.39 is 11.6 Å². The van der Waals surface area contributed by atoms with Crippen molar-refractivity contribution in [3.63, 3.8) is 0 Å². The molecule has 1 aliphatic heterocycles. The summed E-state index contributed by atoms with van der Waals surface area (Å²) in [6.45, 7) is 2.38. The Morgan fingerprint density at radius 2 is 1.67 bits per heavy atom. The third-order valence-corrected chi connectivity index (χ3v) is 3.06. The van der Waals surface area contributed by atoms with Crippen LogP contribution in [-0.2, 0) is 4.74 Å². The molecule has 8 heteroatoms. The fourth-order valence-corrected chi connectivity index (χ4v) is 2.10. The number of nitrogens with two attached hydrogens (primary N) is 1. The van der Waals surface area contributed by atoms with Crippen molar-refractivity contribution in [1.29, 1.82) is 0 Å². The highest BCUT2D eigenvalue weighted by Gasteiger charge is 2.17. The molecule has 3 rings (SSSR count). The van der Waals surface area contributed by atoms with Gasteiger partial charge in [-0.1, -0.05) is 0 Å². The van der Waals surface area contributed by atoms with E-state index in [9.17, 15) is 8.78 Å². The van der Waals surface area contributed by atoms with Gasteiger partial charge in [-0.05, 0) is 12.1 Å². The van der Waals surface area contributed by atoms with Crippen LogP contribution in [-0.4, -0.2) is 41.3 Å². The molecule has 110 valence electrons. The van der Waals surface area contributed by atoms with Gasteiger partial charge in [0, 0.05) is 24.7 Å². The van der Waals surface area contributed by atoms with Crippen molar-refractivity contribution in [2.75, 3.05) is 36.9 Å². The van der Waals surface area contributed by atoms with Crippen molar-refractivity contribution in [1.82, 2.24) is 15.0 Å². The van der Waals surface area contributed by atoms with E-state index in [0.717, 1.165) is 18.2 Å². The van der Waals surface area contributed by atoms with Gasteiger partial charge in [0.1, 0.15) is 11.6 Å². The second kappa shape index (κ2) is 5.57. The molecule has 1 aliphatic rings.